The molecule has 10 nitrogen and oxygen atoms in total. The topological polar surface area (TPSA) is 142 Å². The molecular formula is C16H16NaO10. The predicted octanol–water partition coefficient (Wildman–Crippen LogP) is -1.15. The Morgan fingerprint density at radius 2 is 1.22 bits per heavy atom. The third-order valence-electron chi connectivity index (χ3n) is 4.36. The summed E-state index contributed by atoms with van der Waals surface area (Å²) in [5, 5.41) is 10.4. The van der Waals surface area contributed by atoms with E-state index in [-0.39, 0.29) is 35.1 Å². The van der Waals surface area contributed by atoms with E-state index in [2.05, 4.69) is 18.9 Å². The Balaban J connectivity index is 0.00000364. The van der Waals surface area contributed by atoms with Gasteiger partial charge < -0.3 is 24.1 Å². The predicted molar refractivity (Wildman–Crippen MR) is 86.0 cm³/mol. The molecule has 0 saturated carbocycles. The molecule has 2 rings (SSSR count). The van der Waals surface area contributed by atoms with Crippen molar-refractivity contribution >= 4 is 59.2 Å². The number of methoxy groups -OCH3 is 4. The van der Waals surface area contributed by atoms with Crippen LogP contribution in [0.25, 0.3) is 0 Å². The van der Waals surface area contributed by atoms with Gasteiger partial charge in [-0.3, -0.25) is 14.4 Å². The molecule has 0 bridgehead atoms. The van der Waals surface area contributed by atoms with Gasteiger partial charge >= 0.3 is 23.9 Å². The van der Waals surface area contributed by atoms with Crippen LogP contribution in [0, 0.1) is 17.8 Å². The van der Waals surface area contributed by atoms with E-state index in [0.717, 1.165) is 28.4 Å². The molecule has 1 radical (unpaired) electrons. The van der Waals surface area contributed by atoms with Crippen LogP contribution in [0.5, 0.6) is 0 Å². The van der Waals surface area contributed by atoms with Gasteiger partial charge in [-0.15, -0.1) is 0 Å². The zero-order chi connectivity index (χ0) is 19.8. The molecule has 0 aromatic heterocycles. The molecule has 3 unspecified atom stereocenters. The first kappa shape index (κ1) is 22.9. The average Bonchev–Trinajstić information content (AvgIpc) is 3.08. The first-order chi connectivity index (χ1) is 12.3. The van der Waals surface area contributed by atoms with Crippen molar-refractivity contribution in [2.24, 2.45) is 17.8 Å². The standard InChI is InChI=1S/C16H16O10.Na/c1-23-13(19)7-5-6(9(11(7)17)15(21)25-3)10(16(22)26-4)12(18)8(5)14(20)24-2;/h5,7-8,17H,1-4H3;. The average molecular weight is 391 g/mol. The molecule has 3 atom stereocenters. The number of carbonyl (C=O) groups is 5. The quantitative estimate of drug-likeness (QED) is 0.205. The molecular weight excluding hydrogens is 375 g/mol. The van der Waals surface area contributed by atoms with Crippen LogP contribution in [-0.2, 0) is 42.9 Å². The van der Waals surface area contributed by atoms with E-state index in [1.54, 1.807) is 0 Å². The third kappa shape index (κ3) is 3.40. The number of Topliss-reactive ketones (excluding diaryl/α,β-unsaturated/α-hetero) is 1. The molecule has 0 aromatic carbocycles. The largest absolute Gasteiger partial charge is 0.510 e. The fraction of sp³-hybridized carbons (Fsp3) is 0.438. The SMILES string of the molecule is COC(=O)C1=C(O)C(C(=O)OC)C2C1=C(C(=O)OC)C(=O)C2C(=O)OC.[Na]. The number of fused-ring (bicyclic) bond motifs is 1. The minimum atomic E-state index is -1.63. The molecule has 0 heterocycles. The summed E-state index contributed by atoms with van der Waals surface area (Å²) in [6.07, 6.45) is 0. The molecule has 2 aliphatic rings. The van der Waals surface area contributed by atoms with Crippen LogP contribution in [0.3, 0.4) is 0 Å². The normalized spacial score (nSPS) is 23.4. The molecule has 11 heteroatoms. The molecule has 141 valence electrons. The second-order valence-electron chi connectivity index (χ2n) is 5.42. The zero-order valence-electron chi connectivity index (χ0n) is 15.4. The van der Waals surface area contributed by atoms with E-state index in [0.29, 0.717) is 0 Å². The molecule has 0 amide bonds. The van der Waals surface area contributed by atoms with Crippen molar-refractivity contribution < 1.29 is 48.0 Å². The number of ketones is 1. The maximum absolute atomic E-state index is 12.7. The van der Waals surface area contributed by atoms with Gasteiger partial charge in [-0.1, -0.05) is 0 Å². The fourth-order valence-electron chi connectivity index (χ4n) is 3.29. The van der Waals surface area contributed by atoms with Crippen molar-refractivity contribution in [3.05, 3.63) is 22.5 Å². The molecule has 2 aliphatic carbocycles. The molecule has 0 spiro atoms. The van der Waals surface area contributed by atoms with Gasteiger partial charge in [-0.25, -0.2) is 9.59 Å². The van der Waals surface area contributed by atoms with Crippen LogP contribution in [0.4, 0.5) is 0 Å². The number of carbonyl (C=O) groups excluding carboxylic acids is 5. The van der Waals surface area contributed by atoms with Crippen molar-refractivity contribution in [2.45, 2.75) is 0 Å². The Labute approximate surface area is 175 Å². The van der Waals surface area contributed by atoms with Crippen LogP contribution in [0.2, 0.25) is 0 Å². The summed E-state index contributed by atoms with van der Waals surface area (Å²) in [6.45, 7) is 0. The van der Waals surface area contributed by atoms with E-state index in [1.807, 2.05) is 0 Å². The Hall–Kier alpha value is -2.17. The Bertz CT molecular complexity index is 778. The number of aliphatic hydroxyl groups is 1. The van der Waals surface area contributed by atoms with Crippen LogP contribution < -0.4 is 0 Å². The second-order valence-corrected chi connectivity index (χ2v) is 5.42. The van der Waals surface area contributed by atoms with Gasteiger partial charge in [0.05, 0.1) is 28.4 Å². The number of esters is 4. The van der Waals surface area contributed by atoms with Gasteiger partial charge in [0.1, 0.15) is 28.7 Å². The van der Waals surface area contributed by atoms with Crippen LogP contribution >= 0.6 is 0 Å². The number of ether oxygens (including phenoxy) is 4. The van der Waals surface area contributed by atoms with E-state index >= 15 is 0 Å². The molecule has 0 aromatic rings. The number of hydrogen-bond donors (Lipinski definition) is 1. The van der Waals surface area contributed by atoms with E-state index in [9.17, 15) is 29.1 Å². The first-order valence-corrected chi connectivity index (χ1v) is 7.30. The van der Waals surface area contributed by atoms with Crippen LogP contribution in [-0.4, -0.2) is 92.8 Å². The summed E-state index contributed by atoms with van der Waals surface area (Å²) in [5.41, 5.74) is -1.46. The summed E-state index contributed by atoms with van der Waals surface area (Å²) in [6, 6.07) is 0. The summed E-state index contributed by atoms with van der Waals surface area (Å²) in [4.78, 5) is 61.2. The zero-order valence-corrected chi connectivity index (χ0v) is 17.4. The van der Waals surface area contributed by atoms with Crippen molar-refractivity contribution in [2.75, 3.05) is 28.4 Å². The van der Waals surface area contributed by atoms with Gasteiger partial charge in [0.25, 0.3) is 0 Å². The summed E-state index contributed by atoms with van der Waals surface area (Å²) in [7, 11) is 4.05. The molecule has 27 heavy (non-hydrogen) atoms. The second kappa shape index (κ2) is 8.68. The maximum Gasteiger partial charge on any atom is 0.341 e. The maximum atomic E-state index is 12.7. The Kier molecular flexibility index (Phi) is 7.35. The molecule has 0 fully saturated rings. The molecule has 0 saturated heterocycles. The minimum absolute atomic E-state index is 0. The monoisotopic (exact) mass is 391 g/mol. The Morgan fingerprint density at radius 3 is 1.67 bits per heavy atom. The van der Waals surface area contributed by atoms with Gasteiger partial charge in [0.2, 0.25) is 0 Å². The number of rotatable bonds is 4. The summed E-state index contributed by atoms with van der Waals surface area (Å²) in [5.74, 6) is -10.5. The van der Waals surface area contributed by atoms with E-state index in [1.165, 1.54) is 0 Å². The third-order valence-corrected chi connectivity index (χ3v) is 4.36. The summed E-state index contributed by atoms with van der Waals surface area (Å²) >= 11 is 0. The van der Waals surface area contributed by atoms with E-state index < -0.39 is 64.3 Å². The van der Waals surface area contributed by atoms with Gasteiger partial charge in [-0.2, -0.15) is 0 Å². The van der Waals surface area contributed by atoms with Crippen molar-refractivity contribution in [1.82, 2.24) is 0 Å². The van der Waals surface area contributed by atoms with Crippen LogP contribution in [0.1, 0.15) is 0 Å². The number of hydrogen-bond acceptors (Lipinski definition) is 10. The Morgan fingerprint density at radius 1 is 0.778 bits per heavy atom. The van der Waals surface area contributed by atoms with Crippen molar-refractivity contribution in [3.8, 4) is 0 Å². The molecule has 0 aliphatic heterocycles. The van der Waals surface area contributed by atoms with Gasteiger partial charge in [0, 0.05) is 35.5 Å². The van der Waals surface area contributed by atoms with Gasteiger partial charge in [-0.05, 0) is 5.57 Å². The van der Waals surface area contributed by atoms with Crippen molar-refractivity contribution in [3.63, 3.8) is 0 Å². The van der Waals surface area contributed by atoms with Gasteiger partial charge in [0.15, 0.2) is 5.78 Å². The smallest absolute Gasteiger partial charge is 0.341 e. The fourth-order valence-corrected chi connectivity index (χ4v) is 3.29. The summed E-state index contributed by atoms with van der Waals surface area (Å²) < 4.78 is 18.3. The van der Waals surface area contributed by atoms with Crippen LogP contribution in [0.15, 0.2) is 22.5 Å². The number of aliphatic hydroxyl groups excluding tert-OH is 1. The van der Waals surface area contributed by atoms with Crippen molar-refractivity contribution in [1.29, 1.82) is 0 Å². The minimum Gasteiger partial charge on any atom is -0.510 e. The first-order valence-electron chi connectivity index (χ1n) is 7.30. The molecule has 1 N–H and O–H groups in total. The van der Waals surface area contributed by atoms with E-state index in [4.69, 9.17) is 0 Å².